The van der Waals surface area contributed by atoms with Crippen molar-refractivity contribution < 1.29 is 18.4 Å². The van der Waals surface area contributed by atoms with E-state index in [1.807, 2.05) is 0 Å². The van der Waals surface area contributed by atoms with Gasteiger partial charge >= 0.3 is 0 Å². The minimum absolute atomic E-state index is 0.0714. The van der Waals surface area contributed by atoms with Crippen LogP contribution in [0.3, 0.4) is 0 Å². The van der Waals surface area contributed by atoms with Gasteiger partial charge in [-0.05, 0) is 49.2 Å². The molecule has 0 atom stereocenters. The van der Waals surface area contributed by atoms with E-state index in [1.165, 1.54) is 18.3 Å². The van der Waals surface area contributed by atoms with Crippen LogP contribution in [0.25, 0.3) is 11.3 Å². The molecule has 31 heavy (non-hydrogen) atoms. The van der Waals surface area contributed by atoms with Gasteiger partial charge in [-0.2, -0.15) is 0 Å². The number of benzene rings is 2. The third-order valence-corrected chi connectivity index (χ3v) is 5.92. The van der Waals surface area contributed by atoms with E-state index in [2.05, 4.69) is 15.6 Å². The number of hydrogen-bond acceptors (Lipinski definition) is 5. The number of thioether (sulfide) groups is 1. The summed E-state index contributed by atoms with van der Waals surface area (Å²) in [6.45, 7) is 0. The predicted molar refractivity (Wildman–Crippen MR) is 117 cm³/mol. The zero-order valence-electron chi connectivity index (χ0n) is 16.8. The highest BCUT2D eigenvalue weighted by Crippen LogP contribution is 2.26. The molecule has 2 N–H and O–H groups in total. The number of rotatable bonds is 7. The second kappa shape index (κ2) is 9.78. The van der Waals surface area contributed by atoms with Crippen molar-refractivity contribution in [3.05, 3.63) is 66.1 Å². The van der Waals surface area contributed by atoms with Crippen molar-refractivity contribution in [3.8, 4) is 11.3 Å². The summed E-state index contributed by atoms with van der Waals surface area (Å²) in [6, 6.07) is 13.1. The Morgan fingerprint density at radius 2 is 1.84 bits per heavy atom. The first-order valence-electron chi connectivity index (χ1n) is 10.1. The van der Waals surface area contributed by atoms with Gasteiger partial charge in [0, 0.05) is 11.6 Å². The lowest BCUT2D eigenvalue weighted by atomic mass is 10.1. The van der Waals surface area contributed by atoms with Crippen molar-refractivity contribution in [2.24, 2.45) is 0 Å². The molecule has 1 aliphatic carbocycles. The van der Waals surface area contributed by atoms with Gasteiger partial charge in [0.1, 0.15) is 5.82 Å². The van der Waals surface area contributed by atoms with Crippen molar-refractivity contribution in [3.63, 3.8) is 0 Å². The third kappa shape index (κ3) is 5.52. The topological polar surface area (TPSA) is 84.2 Å². The van der Waals surface area contributed by atoms with Crippen molar-refractivity contribution >= 4 is 29.3 Å². The van der Waals surface area contributed by atoms with E-state index in [9.17, 15) is 14.0 Å². The fourth-order valence-electron chi connectivity index (χ4n) is 3.51. The molecule has 0 radical (unpaired) electrons. The van der Waals surface area contributed by atoms with Crippen LogP contribution in [0.1, 0.15) is 36.0 Å². The number of nitrogens with zero attached hydrogens (tertiary/aromatic N) is 1. The van der Waals surface area contributed by atoms with Gasteiger partial charge in [0.05, 0.1) is 23.2 Å². The Hall–Kier alpha value is -3.13. The van der Waals surface area contributed by atoms with Gasteiger partial charge in [0.15, 0.2) is 5.76 Å². The first-order chi connectivity index (χ1) is 15.1. The van der Waals surface area contributed by atoms with E-state index in [1.54, 1.807) is 36.4 Å². The fraction of sp³-hybridized carbons (Fsp3) is 0.261. The van der Waals surface area contributed by atoms with Crippen molar-refractivity contribution in [1.29, 1.82) is 0 Å². The highest BCUT2D eigenvalue weighted by molar-refractivity contribution is 7.99. The standard InChI is InChI=1S/C23H22FN3O3S/c24-16-11-9-15(10-12-16)20-13-25-23(30-20)31-14-21(28)27-19-8-4-3-7-18(19)22(29)26-17-5-1-2-6-17/h3-4,7-13,17H,1-2,5-6,14H2,(H,26,29)(H,27,28). The number of halogens is 1. The molecule has 0 unspecified atom stereocenters. The molecule has 0 spiro atoms. The van der Waals surface area contributed by atoms with Gasteiger partial charge in [-0.25, -0.2) is 9.37 Å². The lowest BCUT2D eigenvalue weighted by molar-refractivity contribution is -0.113. The minimum Gasteiger partial charge on any atom is -0.431 e. The molecule has 160 valence electrons. The Kier molecular flexibility index (Phi) is 6.66. The maximum atomic E-state index is 13.1. The summed E-state index contributed by atoms with van der Waals surface area (Å²) in [7, 11) is 0. The van der Waals surface area contributed by atoms with E-state index >= 15 is 0 Å². The fourth-order valence-corrected chi connectivity index (χ4v) is 4.11. The van der Waals surface area contributed by atoms with E-state index < -0.39 is 0 Å². The third-order valence-electron chi connectivity index (χ3n) is 5.08. The van der Waals surface area contributed by atoms with Gasteiger partial charge < -0.3 is 15.1 Å². The van der Waals surface area contributed by atoms with Crippen LogP contribution in [-0.2, 0) is 4.79 Å². The highest BCUT2D eigenvalue weighted by Gasteiger charge is 2.20. The van der Waals surface area contributed by atoms with Crippen LogP contribution in [0.5, 0.6) is 0 Å². The summed E-state index contributed by atoms with van der Waals surface area (Å²) in [4.78, 5) is 29.2. The number of para-hydroxylation sites is 1. The van der Waals surface area contributed by atoms with Crippen LogP contribution >= 0.6 is 11.8 Å². The lowest BCUT2D eigenvalue weighted by Gasteiger charge is -2.14. The monoisotopic (exact) mass is 439 g/mol. The largest absolute Gasteiger partial charge is 0.431 e. The maximum absolute atomic E-state index is 13.1. The number of carbonyl (C=O) groups is 2. The Balaban J connectivity index is 1.34. The molecule has 3 aromatic rings. The maximum Gasteiger partial charge on any atom is 0.256 e. The van der Waals surface area contributed by atoms with Gasteiger partial charge in [-0.15, -0.1) is 0 Å². The highest BCUT2D eigenvalue weighted by atomic mass is 32.2. The minimum atomic E-state index is -0.327. The average Bonchev–Trinajstić information content (AvgIpc) is 3.45. The van der Waals surface area contributed by atoms with E-state index in [4.69, 9.17) is 4.42 Å². The van der Waals surface area contributed by atoms with Crippen LogP contribution < -0.4 is 10.6 Å². The van der Waals surface area contributed by atoms with Crippen LogP contribution in [-0.4, -0.2) is 28.6 Å². The van der Waals surface area contributed by atoms with Crippen molar-refractivity contribution in [2.75, 3.05) is 11.1 Å². The summed E-state index contributed by atoms with van der Waals surface area (Å²) in [5.41, 5.74) is 1.62. The Morgan fingerprint density at radius 3 is 2.61 bits per heavy atom. The number of aromatic nitrogens is 1. The van der Waals surface area contributed by atoms with Crippen LogP contribution in [0.4, 0.5) is 10.1 Å². The molecule has 0 saturated heterocycles. The zero-order chi connectivity index (χ0) is 21.6. The van der Waals surface area contributed by atoms with E-state index in [0.29, 0.717) is 27.8 Å². The molecule has 2 amide bonds. The molecule has 1 saturated carbocycles. The van der Waals surface area contributed by atoms with Gasteiger partial charge in [0.25, 0.3) is 11.1 Å². The van der Waals surface area contributed by atoms with Crippen molar-refractivity contribution in [2.45, 2.75) is 36.9 Å². The molecule has 8 heteroatoms. The summed E-state index contributed by atoms with van der Waals surface area (Å²) < 4.78 is 18.7. The lowest BCUT2D eigenvalue weighted by Crippen LogP contribution is -2.33. The number of oxazole rings is 1. The zero-order valence-corrected chi connectivity index (χ0v) is 17.6. The molecule has 0 bridgehead atoms. The second-order valence-corrected chi connectivity index (χ2v) is 8.26. The quantitative estimate of drug-likeness (QED) is 0.513. The number of carbonyl (C=O) groups excluding carboxylic acids is 2. The summed E-state index contributed by atoms with van der Waals surface area (Å²) in [5.74, 6) is -0.203. The normalized spacial score (nSPS) is 13.8. The smallest absolute Gasteiger partial charge is 0.256 e. The van der Waals surface area contributed by atoms with Gasteiger partial charge in [-0.1, -0.05) is 36.7 Å². The average molecular weight is 440 g/mol. The van der Waals surface area contributed by atoms with Gasteiger partial charge in [0.2, 0.25) is 5.91 Å². The Bertz CT molecular complexity index is 1060. The summed E-state index contributed by atoms with van der Waals surface area (Å²) >= 11 is 1.14. The number of anilines is 1. The molecule has 1 fully saturated rings. The second-order valence-electron chi connectivity index (χ2n) is 7.33. The summed E-state index contributed by atoms with van der Waals surface area (Å²) in [5, 5.41) is 6.18. The molecule has 1 aromatic heterocycles. The van der Waals surface area contributed by atoms with Crippen LogP contribution in [0.15, 0.2) is 64.4 Å². The van der Waals surface area contributed by atoms with Gasteiger partial charge in [-0.3, -0.25) is 9.59 Å². The number of amides is 2. The first kappa shape index (κ1) is 21.1. The Labute approximate surface area is 183 Å². The SMILES string of the molecule is O=C(CSc1ncc(-c2ccc(F)cc2)o1)Nc1ccccc1C(=O)NC1CCCC1. The molecule has 1 heterocycles. The number of hydrogen-bond donors (Lipinski definition) is 2. The number of nitrogens with one attached hydrogen (secondary N) is 2. The summed E-state index contributed by atoms with van der Waals surface area (Å²) in [6.07, 6.45) is 5.78. The van der Waals surface area contributed by atoms with E-state index in [-0.39, 0.29) is 29.4 Å². The van der Waals surface area contributed by atoms with E-state index in [0.717, 1.165) is 37.4 Å². The molecule has 4 rings (SSSR count). The molecular weight excluding hydrogens is 417 g/mol. The molecule has 2 aromatic carbocycles. The molecular formula is C23H22FN3O3S. The van der Waals surface area contributed by atoms with Crippen molar-refractivity contribution in [1.82, 2.24) is 10.3 Å². The molecule has 0 aliphatic heterocycles. The Morgan fingerprint density at radius 1 is 1.10 bits per heavy atom. The molecule has 6 nitrogen and oxygen atoms in total. The van der Waals surface area contributed by atoms with Crippen LogP contribution in [0, 0.1) is 5.82 Å². The predicted octanol–water partition coefficient (Wildman–Crippen LogP) is 4.88. The first-order valence-corrected chi connectivity index (χ1v) is 11.1. The van der Waals surface area contributed by atoms with Crippen LogP contribution in [0.2, 0.25) is 0 Å². The molecule has 1 aliphatic rings.